The Kier molecular flexibility index (Phi) is 5.43. The van der Waals surface area contributed by atoms with Crippen LogP contribution in [0.3, 0.4) is 0 Å². The summed E-state index contributed by atoms with van der Waals surface area (Å²) in [7, 11) is -4.21. The number of amides is 2. The predicted octanol–water partition coefficient (Wildman–Crippen LogP) is -1.32. The minimum Gasteiger partial charge on any atom is -0.395 e. The van der Waals surface area contributed by atoms with Gasteiger partial charge in [0.15, 0.2) is 0 Å². The van der Waals surface area contributed by atoms with E-state index in [9.17, 15) is 13.2 Å². The van der Waals surface area contributed by atoms with E-state index in [-0.39, 0.29) is 13.0 Å². The monoisotopic (exact) mass is 226 g/mol. The Labute approximate surface area is 82.0 Å². The second kappa shape index (κ2) is 5.78. The van der Waals surface area contributed by atoms with Gasteiger partial charge in [-0.15, -0.1) is 0 Å². The van der Waals surface area contributed by atoms with Crippen molar-refractivity contribution in [3.63, 3.8) is 0 Å². The molecule has 0 aliphatic heterocycles. The van der Waals surface area contributed by atoms with Crippen LogP contribution in [0.1, 0.15) is 12.8 Å². The fraction of sp³-hybridized carbons (Fsp3) is 0.833. The summed E-state index contributed by atoms with van der Waals surface area (Å²) in [5.41, 5.74) is 4.76. The van der Waals surface area contributed by atoms with Crippen molar-refractivity contribution in [2.75, 3.05) is 13.2 Å². The van der Waals surface area contributed by atoms with E-state index < -0.39 is 28.0 Å². The summed E-state index contributed by atoms with van der Waals surface area (Å²) in [5, 5.41) is 9.68. The number of hydrogen-bond acceptors (Lipinski definition) is 4. The average molecular weight is 226 g/mol. The topological polar surface area (TPSA) is 130 Å². The lowest BCUT2D eigenvalue weighted by Gasteiger charge is -2.10. The molecule has 0 heterocycles. The molecule has 2 amide bonds. The third kappa shape index (κ3) is 5.73. The zero-order valence-electron chi connectivity index (χ0n) is 7.51. The van der Waals surface area contributed by atoms with Crippen LogP contribution in [0.4, 0.5) is 4.79 Å². The van der Waals surface area contributed by atoms with Gasteiger partial charge in [-0.2, -0.15) is 8.42 Å². The predicted molar refractivity (Wildman–Crippen MR) is 49.2 cm³/mol. The first-order valence-corrected chi connectivity index (χ1v) is 5.48. The number of rotatable bonds is 6. The molecule has 0 rings (SSSR count). The van der Waals surface area contributed by atoms with Crippen LogP contribution < -0.4 is 11.1 Å². The van der Waals surface area contributed by atoms with Gasteiger partial charge in [0.1, 0.15) is 5.25 Å². The van der Waals surface area contributed by atoms with Gasteiger partial charge < -0.3 is 16.2 Å². The Morgan fingerprint density at radius 3 is 2.43 bits per heavy atom. The number of nitrogens with one attached hydrogen (secondary N) is 1. The second-order valence-electron chi connectivity index (χ2n) is 2.75. The summed E-state index contributed by atoms with van der Waals surface area (Å²) < 4.78 is 29.7. The first kappa shape index (κ1) is 13.1. The van der Waals surface area contributed by atoms with Crippen molar-refractivity contribution in [2.24, 2.45) is 5.73 Å². The maximum absolute atomic E-state index is 10.6. The normalized spacial score (nSPS) is 13.6. The number of primary amides is 1. The van der Waals surface area contributed by atoms with Crippen LogP contribution in [0, 0.1) is 0 Å². The molecule has 0 aromatic carbocycles. The summed E-state index contributed by atoms with van der Waals surface area (Å²) in [5.74, 6) is 0. The Hall–Kier alpha value is -0.860. The molecule has 5 N–H and O–H groups in total. The summed E-state index contributed by atoms with van der Waals surface area (Å²) in [6, 6.07) is -0.697. The van der Waals surface area contributed by atoms with E-state index in [0.717, 1.165) is 0 Å². The molecule has 1 unspecified atom stereocenters. The number of nitrogens with two attached hydrogens (primary N) is 1. The SMILES string of the molecule is NC(=O)NCCCC(CO)S(=O)(=O)O. The fourth-order valence-electron chi connectivity index (χ4n) is 0.876. The molecule has 8 heteroatoms. The Balaban J connectivity index is 3.81. The van der Waals surface area contributed by atoms with Gasteiger partial charge in [0.25, 0.3) is 10.1 Å². The number of carbonyl (C=O) groups is 1. The summed E-state index contributed by atoms with van der Waals surface area (Å²) in [6.45, 7) is -0.434. The third-order valence-corrected chi connectivity index (χ3v) is 2.85. The standard InChI is InChI=1S/C6H14N2O5S/c7-6(10)8-3-1-2-5(4-9)14(11,12)13/h5,9H,1-4H2,(H3,7,8,10)(H,11,12,13). The quantitative estimate of drug-likeness (QED) is 0.330. The number of carbonyl (C=O) groups excluding carboxylic acids is 1. The first-order chi connectivity index (χ1) is 6.38. The highest BCUT2D eigenvalue weighted by Crippen LogP contribution is 2.05. The average Bonchev–Trinajstić information content (AvgIpc) is 2.01. The molecule has 14 heavy (non-hydrogen) atoms. The summed E-state index contributed by atoms with van der Waals surface area (Å²) in [6.07, 6.45) is 0.379. The highest BCUT2D eigenvalue weighted by Gasteiger charge is 2.21. The zero-order valence-corrected chi connectivity index (χ0v) is 8.33. The molecule has 84 valence electrons. The van der Waals surface area contributed by atoms with Gasteiger partial charge in [0.2, 0.25) is 0 Å². The highest BCUT2D eigenvalue weighted by molar-refractivity contribution is 7.86. The van der Waals surface area contributed by atoms with E-state index >= 15 is 0 Å². The number of aliphatic hydroxyl groups excluding tert-OH is 1. The zero-order chi connectivity index (χ0) is 11.2. The molecule has 0 aliphatic rings. The van der Waals surface area contributed by atoms with Crippen LogP contribution in [-0.2, 0) is 10.1 Å². The second-order valence-corrected chi connectivity index (χ2v) is 4.45. The molecule has 0 spiro atoms. The van der Waals surface area contributed by atoms with E-state index in [1.807, 2.05) is 0 Å². The van der Waals surface area contributed by atoms with Gasteiger partial charge in [-0.3, -0.25) is 4.55 Å². The molecule has 0 fully saturated rings. The van der Waals surface area contributed by atoms with Gasteiger partial charge in [0.05, 0.1) is 6.61 Å². The molecule has 0 aromatic rings. The van der Waals surface area contributed by atoms with Crippen molar-refractivity contribution < 1.29 is 22.9 Å². The summed E-state index contributed by atoms with van der Waals surface area (Å²) >= 11 is 0. The van der Waals surface area contributed by atoms with Crippen molar-refractivity contribution in [1.29, 1.82) is 0 Å². The molecule has 0 radical (unpaired) electrons. The van der Waals surface area contributed by atoms with Crippen molar-refractivity contribution in [1.82, 2.24) is 5.32 Å². The molecule has 0 aromatic heterocycles. The molecule has 0 aliphatic carbocycles. The van der Waals surface area contributed by atoms with Gasteiger partial charge in [-0.1, -0.05) is 0 Å². The van der Waals surface area contributed by atoms with Crippen LogP contribution in [0.15, 0.2) is 0 Å². The lowest BCUT2D eigenvalue weighted by atomic mass is 10.2. The van der Waals surface area contributed by atoms with Gasteiger partial charge in [-0.25, -0.2) is 4.79 Å². The maximum atomic E-state index is 10.6. The van der Waals surface area contributed by atoms with Gasteiger partial charge in [-0.05, 0) is 12.8 Å². The van der Waals surface area contributed by atoms with E-state index in [1.165, 1.54) is 0 Å². The molecule has 0 saturated heterocycles. The Bertz CT molecular complexity index is 276. The smallest absolute Gasteiger partial charge is 0.312 e. The highest BCUT2D eigenvalue weighted by atomic mass is 32.2. The minimum atomic E-state index is -4.21. The molecule has 1 atom stereocenters. The van der Waals surface area contributed by atoms with Crippen molar-refractivity contribution in [3.05, 3.63) is 0 Å². The number of aliphatic hydroxyl groups is 1. The van der Waals surface area contributed by atoms with E-state index in [1.54, 1.807) is 0 Å². The Morgan fingerprint density at radius 1 is 1.50 bits per heavy atom. The first-order valence-electron chi connectivity index (χ1n) is 3.98. The minimum absolute atomic E-state index is 0.0651. The van der Waals surface area contributed by atoms with Crippen LogP contribution in [0.2, 0.25) is 0 Å². The van der Waals surface area contributed by atoms with Crippen LogP contribution in [0.5, 0.6) is 0 Å². The van der Waals surface area contributed by atoms with Gasteiger partial charge in [0, 0.05) is 6.54 Å². The molecular weight excluding hydrogens is 212 g/mol. The lowest BCUT2D eigenvalue weighted by Crippen LogP contribution is -2.31. The molecule has 7 nitrogen and oxygen atoms in total. The van der Waals surface area contributed by atoms with E-state index in [0.29, 0.717) is 6.42 Å². The lowest BCUT2D eigenvalue weighted by molar-refractivity contribution is 0.248. The van der Waals surface area contributed by atoms with Crippen molar-refractivity contribution in [2.45, 2.75) is 18.1 Å². The number of hydrogen-bond donors (Lipinski definition) is 4. The number of urea groups is 1. The van der Waals surface area contributed by atoms with Gasteiger partial charge >= 0.3 is 6.03 Å². The van der Waals surface area contributed by atoms with E-state index in [2.05, 4.69) is 5.32 Å². The fourth-order valence-corrected chi connectivity index (χ4v) is 1.53. The van der Waals surface area contributed by atoms with Crippen molar-refractivity contribution >= 4 is 16.1 Å². The van der Waals surface area contributed by atoms with Crippen molar-refractivity contribution in [3.8, 4) is 0 Å². The largest absolute Gasteiger partial charge is 0.395 e. The van der Waals surface area contributed by atoms with Crippen LogP contribution in [0.25, 0.3) is 0 Å². The van der Waals surface area contributed by atoms with Crippen LogP contribution >= 0.6 is 0 Å². The third-order valence-electron chi connectivity index (χ3n) is 1.63. The maximum Gasteiger partial charge on any atom is 0.312 e. The van der Waals surface area contributed by atoms with Crippen LogP contribution in [-0.4, -0.2) is 42.5 Å². The van der Waals surface area contributed by atoms with E-state index in [4.69, 9.17) is 15.4 Å². The Morgan fingerprint density at radius 2 is 2.07 bits per heavy atom. The molecular formula is C6H14N2O5S. The molecule has 0 saturated carbocycles. The molecule has 0 bridgehead atoms. The summed E-state index contributed by atoms with van der Waals surface area (Å²) in [4.78, 5) is 10.2.